The number of quaternary nitrogens is 1. The van der Waals surface area contributed by atoms with E-state index >= 15 is 0 Å². The van der Waals surface area contributed by atoms with Gasteiger partial charge in [-0.15, -0.1) is 0 Å². The Balaban J connectivity index is 3.97. The smallest absolute Gasteiger partial charge is 0.306 e. The molecular formula is C85H155NO8. The number of allylic oxidation sites excluding steroid dienone is 12. The molecule has 0 aromatic heterocycles. The maximum atomic E-state index is 13.0. The van der Waals surface area contributed by atoms with E-state index in [-0.39, 0.29) is 32.2 Å². The molecule has 9 nitrogen and oxygen atoms in total. The summed E-state index contributed by atoms with van der Waals surface area (Å²) in [5.41, 5.74) is 0. The van der Waals surface area contributed by atoms with Gasteiger partial charge in [-0.05, 0) is 64.2 Å². The Morgan fingerprint density at radius 3 is 0.904 bits per heavy atom. The van der Waals surface area contributed by atoms with Crippen LogP contribution in [0.4, 0.5) is 0 Å². The van der Waals surface area contributed by atoms with Crippen LogP contribution in [0.2, 0.25) is 0 Å². The largest absolute Gasteiger partial charge is 0.545 e. The van der Waals surface area contributed by atoms with Crippen LogP contribution in [0.3, 0.4) is 0 Å². The fraction of sp³-hybridized carbons (Fsp3) is 0.824. The van der Waals surface area contributed by atoms with Gasteiger partial charge in [0.05, 0.1) is 40.3 Å². The monoisotopic (exact) mass is 1320 g/mol. The Kier molecular flexibility index (Phi) is 72.9. The van der Waals surface area contributed by atoms with Crippen molar-refractivity contribution in [3.05, 3.63) is 72.9 Å². The Hall–Kier alpha value is -3.27. The summed E-state index contributed by atoms with van der Waals surface area (Å²) >= 11 is 0. The van der Waals surface area contributed by atoms with Gasteiger partial charge in [-0.3, -0.25) is 9.59 Å². The van der Waals surface area contributed by atoms with Crippen molar-refractivity contribution in [3.63, 3.8) is 0 Å². The van der Waals surface area contributed by atoms with Gasteiger partial charge < -0.3 is 33.3 Å². The first-order valence-corrected chi connectivity index (χ1v) is 40.6. The highest BCUT2D eigenvalue weighted by Crippen LogP contribution is 2.20. The molecule has 94 heavy (non-hydrogen) atoms. The molecule has 0 rings (SSSR count). The number of unbranched alkanes of at least 4 members (excludes halogenated alkanes) is 49. The molecule has 0 N–H and O–H groups in total. The molecule has 0 aliphatic heterocycles. The van der Waals surface area contributed by atoms with E-state index in [4.69, 9.17) is 18.9 Å². The fourth-order valence-electron chi connectivity index (χ4n) is 12.1. The summed E-state index contributed by atoms with van der Waals surface area (Å²) in [7, 11) is 5.95. The van der Waals surface area contributed by atoms with Gasteiger partial charge in [-0.2, -0.15) is 0 Å². The normalized spacial score (nSPS) is 13.0. The van der Waals surface area contributed by atoms with Crippen LogP contribution in [0.15, 0.2) is 72.9 Å². The van der Waals surface area contributed by atoms with Crippen LogP contribution in [-0.4, -0.2) is 82.3 Å². The highest BCUT2D eigenvalue weighted by atomic mass is 16.7. The minimum atomic E-state index is -1.62. The number of hydrogen-bond acceptors (Lipinski definition) is 8. The minimum absolute atomic E-state index is 0.150. The van der Waals surface area contributed by atoms with Gasteiger partial charge in [0.15, 0.2) is 12.4 Å². The van der Waals surface area contributed by atoms with Crippen LogP contribution in [0.25, 0.3) is 0 Å². The van der Waals surface area contributed by atoms with E-state index in [0.717, 1.165) is 70.6 Å². The summed E-state index contributed by atoms with van der Waals surface area (Å²) in [5, 5.41) is 11.9. The van der Waals surface area contributed by atoms with Gasteiger partial charge >= 0.3 is 11.9 Å². The maximum Gasteiger partial charge on any atom is 0.306 e. The number of rotatable bonds is 76. The number of carbonyl (C=O) groups is 3. The topological polar surface area (TPSA) is 111 Å². The average Bonchev–Trinajstić information content (AvgIpc) is 3.76. The maximum absolute atomic E-state index is 13.0. The molecule has 0 saturated heterocycles. The van der Waals surface area contributed by atoms with Gasteiger partial charge in [0, 0.05) is 12.8 Å². The molecule has 0 aromatic carbocycles. The van der Waals surface area contributed by atoms with E-state index in [1.807, 2.05) is 21.1 Å². The van der Waals surface area contributed by atoms with E-state index < -0.39 is 24.3 Å². The molecular weight excluding hydrogens is 1160 g/mol. The lowest BCUT2D eigenvalue weighted by Gasteiger charge is -2.26. The molecule has 0 fully saturated rings. The first-order chi connectivity index (χ1) is 46.1. The molecule has 0 saturated carbocycles. The van der Waals surface area contributed by atoms with Crippen molar-refractivity contribution in [1.29, 1.82) is 0 Å². The van der Waals surface area contributed by atoms with Crippen molar-refractivity contribution in [3.8, 4) is 0 Å². The third-order valence-corrected chi connectivity index (χ3v) is 18.2. The summed E-state index contributed by atoms with van der Waals surface area (Å²) in [6, 6.07) is 0. The van der Waals surface area contributed by atoms with Crippen molar-refractivity contribution in [2.45, 2.75) is 405 Å². The first kappa shape index (κ1) is 90.7. The van der Waals surface area contributed by atoms with Crippen molar-refractivity contribution < 1.29 is 42.9 Å². The van der Waals surface area contributed by atoms with E-state index in [2.05, 4.69) is 86.8 Å². The molecule has 2 atom stereocenters. The molecule has 0 bridgehead atoms. The Labute approximate surface area is 583 Å². The zero-order chi connectivity index (χ0) is 68.2. The molecule has 0 aliphatic carbocycles. The lowest BCUT2D eigenvalue weighted by molar-refractivity contribution is -0.870. The highest BCUT2D eigenvalue weighted by Gasteiger charge is 2.22. The number of carboxylic acids is 1. The number of ether oxygens (including phenoxy) is 4. The average molecular weight is 1320 g/mol. The molecule has 9 heteroatoms. The van der Waals surface area contributed by atoms with Crippen molar-refractivity contribution >= 4 is 17.9 Å². The second-order valence-electron chi connectivity index (χ2n) is 28.7. The summed E-state index contributed by atoms with van der Waals surface area (Å²) in [6.45, 7) is 4.71. The summed E-state index contributed by atoms with van der Waals surface area (Å²) < 4.78 is 22.9. The molecule has 0 heterocycles. The van der Waals surface area contributed by atoms with Gasteiger partial charge in [-0.25, -0.2) is 0 Å². The van der Waals surface area contributed by atoms with Crippen LogP contribution in [0.5, 0.6) is 0 Å². The Bertz CT molecular complexity index is 1780. The third-order valence-electron chi connectivity index (χ3n) is 18.2. The van der Waals surface area contributed by atoms with E-state index in [1.54, 1.807) is 0 Å². The van der Waals surface area contributed by atoms with Gasteiger partial charge in [0.1, 0.15) is 13.2 Å². The lowest BCUT2D eigenvalue weighted by atomic mass is 10.0. The second-order valence-corrected chi connectivity index (χ2v) is 28.7. The molecule has 0 spiro atoms. The van der Waals surface area contributed by atoms with Crippen LogP contribution in [-0.2, 0) is 33.3 Å². The fourth-order valence-corrected chi connectivity index (χ4v) is 12.1. The van der Waals surface area contributed by atoms with Crippen molar-refractivity contribution in [2.24, 2.45) is 0 Å². The minimum Gasteiger partial charge on any atom is -0.545 e. The SMILES string of the molecule is CC/C=C\C/C=C\C/C=C\C/C=C\C/C=C\C/C=C\CCCCCCCCCCCCCCCCCCCCCCC(=O)OC(COC(=O)CCCCCCCCCCCCCCCCCCCCCCCCCCCCCCCC)COC(OCC[N+](C)(C)C)C(=O)[O-]. The molecule has 0 radical (unpaired) electrons. The van der Waals surface area contributed by atoms with Crippen LogP contribution < -0.4 is 5.11 Å². The summed E-state index contributed by atoms with van der Waals surface area (Å²) in [5.74, 6) is -2.25. The molecule has 548 valence electrons. The molecule has 0 aromatic rings. The first-order valence-electron chi connectivity index (χ1n) is 40.6. The third kappa shape index (κ3) is 76.1. The number of hydrogen-bond donors (Lipinski definition) is 0. The van der Waals surface area contributed by atoms with E-state index in [1.165, 1.54) is 289 Å². The van der Waals surface area contributed by atoms with Gasteiger partial charge in [0.2, 0.25) is 0 Å². The molecule has 2 unspecified atom stereocenters. The quantitative estimate of drug-likeness (QED) is 0.0195. The standard InChI is InChI=1S/C85H155NO8/c1-6-8-10-12-14-16-18-20-22-24-26-28-30-32-34-36-38-39-40-41-42-43-44-45-46-48-50-52-54-56-58-60-62-64-66-68-70-72-74-76-83(88)94-81(80-93-85(84(89)90)91-78-77-86(3,4)5)79-92-82(87)75-73-71-69-67-65-63-61-59-57-55-53-51-49-47-37-35-33-31-29-27-25-23-21-19-17-15-13-11-9-7-2/h8,10,14,16,20,22,26,28,32,34,38-39,81,85H,6-7,9,11-13,15,17-19,21,23-25,27,29-31,33,35-37,40-80H2,1-5H3/b10-8-,16-14-,22-20-,28-26-,34-32-,39-38-. The summed E-state index contributed by atoms with van der Waals surface area (Å²) in [6.07, 6.45) is 98.9. The van der Waals surface area contributed by atoms with Crippen molar-refractivity contribution in [2.75, 3.05) is 47.5 Å². The number of nitrogens with zero attached hydrogens (tertiary/aromatic N) is 1. The highest BCUT2D eigenvalue weighted by molar-refractivity contribution is 5.70. The van der Waals surface area contributed by atoms with Crippen molar-refractivity contribution in [1.82, 2.24) is 0 Å². The molecule has 0 amide bonds. The number of aliphatic carboxylic acids is 1. The van der Waals surface area contributed by atoms with E-state index in [0.29, 0.717) is 23.9 Å². The van der Waals surface area contributed by atoms with Crippen LogP contribution in [0.1, 0.15) is 393 Å². The van der Waals surface area contributed by atoms with Crippen LogP contribution in [0, 0.1) is 0 Å². The number of carboxylic acid groups (broad SMARTS) is 1. The Morgan fingerprint density at radius 2 is 0.606 bits per heavy atom. The number of esters is 2. The van der Waals surface area contributed by atoms with Crippen LogP contribution >= 0.6 is 0 Å². The zero-order valence-corrected chi connectivity index (χ0v) is 62.8. The molecule has 0 aliphatic rings. The van der Waals surface area contributed by atoms with Gasteiger partial charge in [-0.1, -0.05) is 389 Å². The predicted molar refractivity (Wildman–Crippen MR) is 403 cm³/mol. The second kappa shape index (κ2) is 75.5. The lowest BCUT2D eigenvalue weighted by Crippen LogP contribution is -2.44. The number of likely N-dealkylation sites (N-methyl/N-ethyl adjacent to an activating group) is 1. The Morgan fingerprint density at radius 1 is 0.330 bits per heavy atom. The number of carbonyl (C=O) groups excluding carboxylic acids is 3. The van der Waals surface area contributed by atoms with E-state index in [9.17, 15) is 19.5 Å². The zero-order valence-electron chi connectivity index (χ0n) is 62.8. The summed E-state index contributed by atoms with van der Waals surface area (Å²) in [4.78, 5) is 37.6. The van der Waals surface area contributed by atoms with Gasteiger partial charge in [0.25, 0.3) is 0 Å². The predicted octanol–water partition coefficient (Wildman–Crippen LogP) is 24.6.